The molecule has 3 aromatic heterocycles. The van der Waals surface area contributed by atoms with E-state index >= 15 is 0 Å². The maximum Gasteiger partial charge on any atom is 0.229 e. The van der Waals surface area contributed by atoms with E-state index < -0.39 is 9.84 Å². The highest BCUT2D eigenvalue weighted by atomic mass is 32.2. The van der Waals surface area contributed by atoms with Gasteiger partial charge in [-0.15, -0.1) is 0 Å². The second-order valence-corrected chi connectivity index (χ2v) is 9.71. The van der Waals surface area contributed by atoms with Crippen molar-refractivity contribution in [3.63, 3.8) is 0 Å². The standard InChI is InChI=1S/C22H23N7O2S/c1-32(30,31)19-5-3-18(4-6-19)29-11-8-16-14-25-22(27-21(16)29)26-17-2-7-20(24-15-17)28-12-9-23-10-13-28/h2-8,11,14-15,23H,9-10,12-13H2,1H3,(H,25,26,27). The van der Waals surface area contributed by atoms with Gasteiger partial charge in [-0.25, -0.2) is 18.4 Å². The SMILES string of the molecule is CS(=O)(=O)c1ccc(-n2ccc3cnc(Nc4ccc(N5CCNCC5)nc4)nc32)cc1. The minimum Gasteiger partial charge on any atom is -0.354 e. The molecule has 4 aromatic rings. The van der Waals surface area contributed by atoms with E-state index in [1.807, 2.05) is 29.0 Å². The zero-order chi connectivity index (χ0) is 22.1. The Hall–Kier alpha value is -3.50. The Kier molecular flexibility index (Phi) is 5.24. The molecule has 0 aliphatic carbocycles. The molecular formula is C22H23N7O2S. The molecule has 1 aliphatic rings. The summed E-state index contributed by atoms with van der Waals surface area (Å²) in [6.45, 7) is 3.82. The third kappa shape index (κ3) is 4.14. The zero-order valence-corrected chi connectivity index (χ0v) is 18.4. The lowest BCUT2D eigenvalue weighted by atomic mass is 10.3. The number of benzene rings is 1. The first-order valence-electron chi connectivity index (χ1n) is 10.3. The second-order valence-electron chi connectivity index (χ2n) is 7.69. The summed E-state index contributed by atoms with van der Waals surface area (Å²) in [4.78, 5) is 16.2. The summed E-state index contributed by atoms with van der Waals surface area (Å²) in [5.41, 5.74) is 2.35. The number of fused-ring (bicyclic) bond motifs is 1. The van der Waals surface area contributed by atoms with Crippen LogP contribution in [0.4, 0.5) is 17.5 Å². The number of hydrogen-bond acceptors (Lipinski definition) is 8. The Morgan fingerprint density at radius 1 is 0.969 bits per heavy atom. The van der Waals surface area contributed by atoms with E-state index in [2.05, 4.69) is 30.5 Å². The molecule has 10 heteroatoms. The molecule has 2 N–H and O–H groups in total. The van der Waals surface area contributed by atoms with Crippen LogP contribution in [0.1, 0.15) is 0 Å². The van der Waals surface area contributed by atoms with Crippen LogP contribution in [0, 0.1) is 0 Å². The Balaban J connectivity index is 1.39. The van der Waals surface area contributed by atoms with Crippen LogP contribution in [-0.2, 0) is 9.84 Å². The van der Waals surface area contributed by atoms with Crippen molar-refractivity contribution in [1.29, 1.82) is 0 Å². The predicted molar refractivity (Wildman–Crippen MR) is 125 cm³/mol. The smallest absolute Gasteiger partial charge is 0.229 e. The minimum atomic E-state index is -3.24. The number of anilines is 3. The lowest BCUT2D eigenvalue weighted by molar-refractivity contribution is 0.585. The molecule has 0 amide bonds. The van der Waals surface area contributed by atoms with Crippen LogP contribution in [0.25, 0.3) is 16.7 Å². The quantitative estimate of drug-likeness (QED) is 0.479. The van der Waals surface area contributed by atoms with Crippen molar-refractivity contribution < 1.29 is 8.42 Å². The molecule has 1 aromatic carbocycles. The average Bonchev–Trinajstić information content (AvgIpc) is 3.23. The summed E-state index contributed by atoms with van der Waals surface area (Å²) < 4.78 is 25.4. The summed E-state index contributed by atoms with van der Waals surface area (Å²) in [7, 11) is -3.24. The van der Waals surface area contributed by atoms with Gasteiger partial charge in [-0.1, -0.05) is 0 Å². The van der Waals surface area contributed by atoms with E-state index in [-0.39, 0.29) is 4.90 Å². The number of sulfone groups is 1. The Morgan fingerprint density at radius 2 is 1.75 bits per heavy atom. The van der Waals surface area contributed by atoms with Crippen molar-refractivity contribution in [3.8, 4) is 5.69 Å². The van der Waals surface area contributed by atoms with E-state index in [4.69, 9.17) is 0 Å². The molecule has 0 saturated carbocycles. The molecule has 32 heavy (non-hydrogen) atoms. The van der Waals surface area contributed by atoms with E-state index in [1.165, 1.54) is 6.26 Å². The van der Waals surface area contributed by atoms with Crippen LogP contribution in [0.2, 0.25) is 0 Å². The number of rotatable bonds is 5. The van der Waals surface area contributed by atoms with Crippen LogP contribution in [0.5, 0.6) is 0 Å². The molecule has 0 atom stereocenters. The first-order valence-corrected chi connectivity index (χ1v) is 12.2. The number of nitrogens with zero attached hydrogens (tertiary/aromatic N) is 5. The summed E-state index contributed by atoms with van der Waals surface area (Å²) in [6.07, 6.45) is 6.63. The number of nitrogens with one attached hydrogen (secondary N) is 2. The molecule has 4 heterocycles. The van der Waals surface area contributed by atoms with Crippen LogP contribution in [-0.4, -0.2) is 60.4 Å². The molecule has 9 nitrogen and oxygen atoms in total. The summed E-state index contributed by atoms with van der Waals surface area (Å²) in [5.74, 6) is 1.42. The fourth-order valence-electron chi connectivity index (χ4n) is 3.71. The first kappa shape index (κ1) is 20.4. The van der Waals surface area contributed by atoms with Gasteiger partial charge in [-0.05, 0) is 42.5 Å². The molecular weight excluding hydrogens is 426 g/mol. The maximum absolute atomic E-state index is 11.7. The second kappa shape index (κ2) is 8.21. The molecule has 164 valence electrons. The van der Waals surface area contributed by atoms with Gasteiger partial charge >= 0.3 is 0 Å². The highest BCUT2D eigenvalue weighted by Crippen LogP contribution is 2.22. The van der Waals surface area contributed by atoms with Gasteiger partial charge in [0.25, 0.3) is 0 Å². The van der Waals surface area contributed by atoms with Crippen molar-refractivity contribution in [2.24, 2.45) is 0 Å². The van der Waals surface area contributed by atoms with Gasteiger partial charge in [-0.2, -0.15) is 4.98 Å². The van der Waals surface area contributed by atoms with Crippen molar-refractivity contribution in [1.82, 2.24) is 24.8 Å². The topological polar surface area (TPSA) is 105 Å². The van der Waals surface area contributed by atoms with Crippen LogP contribution < -0.4 is 15.5 Å². The molecule has 1 fully saturated rings. The van der Waals surface area contributed by atoms with E-state index in [0.29, 0.717) is 5.95 Å². The molecule has 1 aliphatic heterocycles. The molecule has 0 unspecified atom stereocenters. The molecule has 0 radical (unpaired) electrons. The highest BCUT2D eigenvalue weighted by Gasteiger charge is 2.12. The number of aromatic nitrogens is 4. The van der Waals surface area contributed by atoms with Gasteiger partial charge in [-0.3, -0.25) is 0 Å². The Morgan fingerprint density at radius 3 is 2.44 bits per heavy atom. The fourth-order valence-corrected chi connectivity index (χ4v) is 4.34. The molecule has 0 bridgehead atoms. The van der Waals surface area contributed by atoms with E-state index in [1.54, 1.807) is 36.7 Å². The van der Waals surface area contributed by atoms with Gasteiger partial charge in [0.05, 0.1) is 16.8 Å². The number of pyridine rings is 1. The average molecular weight is 450 g/mol. The zero-order valence-electron chi connectivity index (χ0n) is 17.6. The Labute approximate surface area is 186 Å². The number of hydrogen-bond donors (Lipinski definition) is 2. The van der Waals surface area contributed by atoms with Gasteiger partial charge < -0.3 is 20.1 Å². The highest BCUT2D eigenvalue weighted by molar-refractivity contribution is 7.90. The Bertz CT molecular complexity index is 1340. The lowest BCUT2D eigenvalue weighted by Gasteiger charge is -2.28. The van der Waals surface area contributed by atoms with Gasteiger partial charge in [0.15, 0.2) is 9.84 Å². The summed E-state index contributed by atoms with van der Waals surface area (Å²) in [5, 5.41) is 7.44. The van der Waals surface area contributed by atoms with Gasteiger partial charge in [0.2, 0.25) is 5.95 Å². The summed E-state index contributed by atoms with van der Waals surface area (Å²) >= 11 is 0. The first-order chi connectivity index (χ1) is 15.5. The third-order valence-electron chi connectivity index (χ3n) is 5.42. The van der Waals surface area contributed by atoms with Crippen molar-refractivity contribution >= 4 is 38.3 Å². The third-order valence-corrected chi connectivity index (χ3v) is 6.54. The minimum absolute atomic E-state index is 0.284. The molecule has 0 spiro atoms. The summed E-state index contributed by atoms with van der Waals surface area (Å²) in [6, 6.07) is 12.6. The van der Waals surface area contributed by atoms with Crippen LogP contribution in [0.15, 0.2) is 66.0 Å². The van der Waals surface area contributed by atoms with Crippen molar-refractivity contribution in [2.45, 2.75) is 4.90 Å². The lowest BCUT2D eigenvalue weighted by Crippen LogP contribution is -2.43. The van der Waals surface area contributed by atoms with Crippen LogP contribution >= 0.6 is 0 Å². The maximum atomic E-state index is 11.7. The van der Waals surface area contributed by atoms with E-state index in [0.717, 1.165) is 54.4 Å². The predicted octanol–water partition coefficient (Wildman–Crippen LogP) is 2.37. The fraction of sp³-hybridized carbons (Fsp3) is 0.227. The van der Waals surface area contributed by atoms with Gasteiger partial charge in [0, 0.05) is 55.9 Å². The molecule has 1 saturated heterocycles. The monoisotopic (exact) mass is 449 g/mol. The van der Waals surface area contributed by atoms with Crippen LogP contribution in [0.3, 0.4) is 0 Å². The normalized spacial score (nSPS) is 14.6. The van der Waals surface area contributed by atoms with E-state index in [9.17, 15) is 8.42 Å². The molecule has 5 rings (SSSR count). The van der Waals surface area contributed by atoms with Gasteiger partial charge in [0.1, 0.15) is 11.5 Å². The largest absolute Gasteiger partial charge is 0.354 e. The van der Waals surface area contributed by atoms with Crippen molar-refractivity contribution in [3.05, 3.63) is 61.1 Å². The number of piperazine rings is 1. The van der Waals surface area contributed by atoms with Crippen molar-refractivity contribution in [2.75, 3.05) is 42.7 Å².